The average molecular weight is 504 g/mol. The van der Waals surface area contributed by atoms with E-state index in [2.05, 4.69) is 15.5 Å². The number of methoxy groups -OCH3 is 1. The predicted molar refractivity (Wildman–Crippen MR) is 128 cm³/mol. The van der Waals surface area contributed by atoms with Crippen LogP contribution in [0.5, 0.6) is 11.5 Å². The summed E-state index contributed by atoms with van der Waals surface area (Å²) in [6.07, 6.45) is 3.85. The zero-order valence-corrected chi connectivity index (χ0v) is 20.6. The first-order valence-electron chi connectivity index (χ1n) is 10.9. The van der Waals surface area contributed by atoms with Gasteiger partial charge in [-0.2, -0.15) is 0 Å². The standard InChI is InChI=1S/C23H25N3O6S2/c1-3-30-22(28)20-16-9-4-5-10-17(16)34-21(20)24-18(27)13-33-23-26-25-19(32-23)12-31-15-8-6-7-14(11-15)29-2/h6-8,11H,3-5,9-10,12-13H2,1-2H3,(H,24,27). The molecule has 0 aliphatic heterocycles. The van der Waals surface area contributed by atoms with Gasteiger partial charge in [0, 0.05) is 10.9 Å². The molecule has 2 heterocycles. The maximum Gasteiger partial charge on any atom is 0.341 e. The topological polar surface area (TPSA) is 113 Å². The number of thioether (sulfide) groups is 1. The minimum atomic E-state index is -0.387. The zero-order chi connectivity index (χ0) is 23.9. The molecule has 0 unspecified atom stereocenters. The summed E-state index contributed by atoms with van der Waals surface area (Å²) >= 11 is 2.57. The molecule has 0 saturated heterocycles. The molecule has 180 valence electrons. The van der Waals surface area contributed by atoms with Gasteiger partial charge in [0.05, 0.1) is 25.0 Å². The Hall–Kier alpha value is -3.05. The van der Waals surface area contributed by atoms with Gasteiger partial charge in [0.15, 0.2) is 6.61 Å². The summed E-state index contributed by atoms with van der Waals surface area (Å²) in [7, 11) is 1.58. The number of amides is 1. The number of aromatic nitrogens is 2. The Bertz CT molecular complexity index is 1160. The fourth-order valence-electron chi connectivity index (χ4n) is 3.55. The van der Waals surface area contributed by atoms with Crippen molar-refractivity contribution in [3.05, 3.63) is 46.2 Å². The molecule has 1 N–H and O–H groups in total. The van der Waals surface area contributed by atoms with Gasteiger partial charge in [-0.15, -0.1) is 21.5 Å². The number of carbonyl (C=O) groups is 2. The summed E-state index contributed by atoms with van der Waals surface area (Å²) in [4.78, 5) is 26.3. The maximum absolute atomic E-state index is 12.6. The van der Waals surface area contributed by atoms with Crippen LogP contribution >= 0.6 is 23.1 Å². The lowest BCUT2D eigenvalue weighted by atomic mass is 9.95. The molecular formula is C23H25N3O6S2. The predicted octanol–water partition coefficient (Wildman–Crippen LogP) is 4.51. The van der Waals surface area contributed by atoms with Gasteiger partial charge in [0.1, 0.15) is 16.5 Å². The van der Waals surface area contributed by atoms with Crippen molar-refractivity contribution < 1.29 is 28.2 Å². The molecule has 34 heavy (non-hydrogen) atoms. The van der Waals surface area contributed by atoms with Gasteiger partial charge in [-0.05, 0) is 50.3 Å². The van der Waals surface area contributed by atoms with Crippen LogP contribution < -0.4 is 14.8 Å². The average Bonchev–Trinajstić information content (AvgIpc) is 3.45. The largest absolute Gasteiger partial charge is 0.497 e. The molecule has 2 aromatic heterocycles. The number of nitrogens with one attached hydrogen (secondary N) is 1. The van der Waals surface area contributed by atoms with Crippen LogP contribution in [0.2, 0.25) is 0 Å². The number of nitrogens with zero attached hydrogens (tertiary/aromatic N) is 2. The van der Waals surface area contributed by atoms with Crippen molar-refractivity contribution in [1.82, 2.24) is 10.2 Å². The number of esters is 1. The summed E-state index contributed by atoms with van der Waals surface area (Å²) in [5.41, 5.74) is 1.50. The molecule has 9 nitrogen and oxygen atoms in total. The normalized spacial score (nSPS) is 12.6. The van der Waals surface area contributed by atoms with Crippen LogP contribution in [0.25, 0.3) is 0 Å². The Morgan fingerprint density at radius 3 is 2.85 bits per heavy atom. The van der Waals surface area contributed by atoms with Gasteiger partial charge >= 0.3 is 5.97 Å². The highest BCUT2D eigenvalue weighted by molar-refractivity contribution is 7.99. The van der Waals surface area contributed by atoms with Crippen LogP contribution in [0, 0.1) is 0 Å². The number of aryl methyl sites for hydroxylation is 1. The van der Waals surface area contributed by atoms with Crippen molar-refractivity contribution >= 4 is 40.0 Å². The number of anilines is 1. The minimum absolute atomic E-state index is 0.0587. The first-order chi connectivity index (χ1) is 16.6. The number of carbonyl (C=O) groups excluding carboxylic acids is 2. The fraction of sp³-hybridized carbons (Fsp3) is 0.391. The molecule has 1 aromatic carbocycles. The van der Waals surface area contributed by atoms with Crippen LogP contribution in [0.3, 0.4) is 0 Å². The van der Waals surface area contributed by atoms with Crippen molar-refractivity contribution in [1.29, 1.82) is 0 Å². The lowest BCUT2D eigenvalue weighted by Gasteiger charge is -2.12. The van der Waals surface area contributed by atoms with Crippen LogP contribution in [0.4, 0.5) is 5.00 Å². The smallest absolute Gasteiger partial charge is 0.341 e. The molecule has 1 amide bonds. The van der Waals surface area contributed by atoms with Gasteiger partial charge in [-0.1, -0.05) is 17.8 Å². The first kappa shape index (κ1) is 24.1. The Balaban J connectivity index is 1.33. The molecule has 0 saturated carbocycles. The highest BCUT2D eigenvalue weighted by atomic mass is 32.2. The van der Waals surface area contributed by atoms with Gasteiger partial charge in [-0.3, -0.25) is 4.79 Å². The molecule has 0 spiro atoms. The monoisotopic (exact) mass is 503 g/mol. The van der Waals surface area contributed by atoms with Crippen molar-refractivity contribution in [2.45, 2.75) is 44.4 Å². The Morgan fingerprint density at radius 2 is 2.03 bits per heavy atom. The highest BCUT2D eigenvalue weighted by Gasteiger charge is 2.27. The quantitative estimate of drug-likeness (QED) is 0.315. The summed E-state index contributed by atoms with van der Waals surface area (Å²) in [6, 6.07) is 7.19. The van der Waals surface area contributed by atoms with E-state index in [4.69, 9.17) is 18.6 Å². The van der Waals surface area contributed by atoms with Gasteiger partial charge < -0.3 is 23.9 Å². The SMILES string of the molecule is CCOC(=O)c1c(NC(=O)CSc2nnc(COc3cccc(OC)c3)o2)sc2c1CCCC2. The fourth-order valence-corrected chi connectivity index (χ4v) is 5.43. The number of rotatable bonds is 10. The number of ether oxygens (including phenoxy) is 3. The summed E-state index contributed by atoms with van der Waals surface area (Å²) < 4.78 is 21.6. The second-order valence-corrected chi connectivity index (χ2v) is 9.43. The second-order valence-electron chi connectivity index (χ2n) is 7.40. The molecule has 11 heteroatoms. The lowest BCUT2D eigenvalue weighted by Crippen LogP contribution is -2.17. The van der Waals surface area contributed by atoms with E-state index in [0.717, 1.165) is 47.9 Å². The van der Waals surface area contributed by atoms with E-state index in [1.54, 1.807) is 26.2 Å². The van der Waals surface area contributed by atoms with Crippen LogP contribution in [-0.4, -0.2) is 41.5 Å². The molecule has 0 fully saturated rings. The number of hydrogen-bond acceptors (Lipinski definition) is 10. The lowest BCUT2D eigenvalue weighted by molar-refractivity contribution is -0.113. The second kappa shape index (κ2) is 11.4. The molecular weight excluding hydrogens is 478 g/mol. The van der Waals surface area contributed by atoms with E-state index in [1.165, 1.54) is 11.3 Å². The van der Waals surface area contributed by atoms with Gasteiger partial charge in [-0.25, -0.2) is 4.79 Å². The molecule has 1 aliphatic rings. The number of thiophene rings is 1. The molecule has 0 radical (unpaired) electrons. The van der Waals surface area contributed by atoms with E-state index in [1.807, 2.05) is 12.1 Å². The summed E-state index contributed by atoms with van der Waals surface area (Å²) in [5.74, 6) is 0.999. The molecule has 4 rings (SSSR count). The molecule has 1 aliphatic carbocycles. The van der Waals surface area contributed by atoms with Crippen molar-refractivity contribution in [3.8, 4) is 11.5 Å². The Labute approximate surface area is 205 Å². The minimum Gasteiger partial charge on any atom is -0.497 e. The molecule has 0 bridgehead atoms. The van der Waals surface area contributed by atoms with Crippen molar-refractivity contribution in [3.63, 3.8) is 0 Å². The Kier molecular flexibility index (Phi) is 8.07. The third kappa shape index (κ3) is 5.89. The summed E-state index contributed by atoms with van der Waals surface area (Å²) in [6.45, 7) is 2.15. The number of benzene rings is 1. The van der Waals surface area contributed by atoms with Crippen LogP contribution in [-0.2, 0) is 29.0 Å². The van der Waals surface area contributed by atoms with Crippen molar-refractivity contribution in [2.24, 2.45) is 0 Å². The Morgan fingerprint density at radius 1 is 1.21 bits per heavy atom. The molecule has 0 atom stereocenters. The number of hydrogen-bond donors (Lipinski definition) is 1. The maximum atomic E-state index is 12.6. The van der Waals surface area contributed by atoms with Gasteiger partial charge in [0.2, 0.25) is 5.91 Å². The van der Waals surface area contributed by atoms with Crippen LogP contribution in [0.1, 0.15) is 46.5 Å². The van der Waals surface area contributed by atoms with Crippen LogP contribution in [0.15, 0.2) is 33.9 Å². The van der Waals surface area contributed by atoms with E-state index < -0.39 is 0 Å². The third-order valence-electron chi connectivity index (χ3n) is 5.08. The zero-order valence-electron chi connectivity index (χ0n) is 18.9. The number of fused-ring (bicyclic) bond motifs is 1. The summed E-state index contributed by atoms with van der Waals surface area (Å²) in [5, 5.41) is 11.6. The van der Waals surface area contributed by atoms with E-state index in [9.17, 15) is 9.59 Å². The first-order valence-corrected chi connectivity index (χ1v) is 12.7. The third-order valence-corrected chi connectivity index (χ3v) is 7.11. The molecule has 3 aromatic rings. The van der Waals surface area contributed by atoms with Crippen molar-refractivity contribution in [2.75, 3.05) is 24.8 Å². The van der Waals surface area contributed by atoms with E-state index in [0.29, 0.717) is 28.0 Å². The highest BCUT2D eigenvalue weighted by Crippen LogP contribution is 2.38. The van der Waals surface area contributed by atoms with E-state index in [-0.39, 0.29) is 36.1 Å². The van der Waals surface area contributed by atoms with Gasteiger partial charge in [0.25, 0.3) is 11.1 Å². The van der Waals surface area contributed by atoms with E-state index >= 15 is 0 Å².